The highest BCUT2D eigenvalue weighted by Gasteiger charge is 1.94. The summed E-state index contributed by atoms with van der Waals surface area (Å²) in [6, 6.07) is 10.1. The molecule has 0 radical (unpaired) electrons. The summed E-state index contributed by atoms with van der Waals surface area (Å²) < 4.78 is 15.8. The summed E-state index contributed by atoms with van der Waals surface area (Å²) in [6.45, 7) is 4.49. The van der Waals surface area contributed by atoms with Crippen LogP contribution in [0.1, 0.15) is 12.5 Å². The predicted octanol–water partition coefficient (Wildman–Crippen LogP) is 2.09. The van der Waals surface area contributed by atoms with E-state index in [4.69, 9.17) is 19.3 Å². The highest BCUT2D eigenvalue weighted by Crippen LogP contribution is 2.12. The van der Waals surface area contributed by atoms with Gasteiger partial charge in [-0.2, -0.15) is 0 Å². The Balaban J connectivity index is 2.04. The van der Waals surface area contributed by atoms with Crippen LogP contribution < -0.4 is 0 Å². The third-order valence-electron chi connectivity index (χ3n) is 2.44. The van der Waals surface area contributed by atoms with Crippen LogP contribution in [0.25, 0.3) is 5.57 Å². The molecule has 0 fully saturated rings. The summed E-state index contributed by atoms with van der Waals surface area (Å²) >= 11 is 0. The zero-order valence-corrected chi connectivity index (χ0v) is 11.4. The Morgan fingerprint density at radius 3 is 2.32 bits per heavy atom. The number of rotatable bonds is 10. The lowest BCUT2D eigenvalue weighted by atomic mass is 10.1. The average Bonchev–Trinajstić information content (AvgIpc) is 2.46. The highest BCUT2D eigenvalue weighted by atomic mass is 16.5. The van der Waals surface area contributed by atoms with Crippen molar-refractivity contribution in [2.75, 3.05) is 39.6 Å². The molecule has 0 heterocycles. The van der Waals surface area contributed by atoms with E-state index in [1.807, 2.05) is 37.3 Å². The van der Waals surface area contributed by atoms with Gasteiger partial charge in [0.2, 0.25) is 0 Å². The summed E-state index contributed by atoms with van der Waals surface area (Å²) in [7, 11) is 0. The lowest BCUT2D eigenvalue weighted by Crippen LogP contribution is -2.09. The molecule has 106 valence electrons. The van der Waals surface area contributed by atoms with Crippen molar-refractivity contribution in [2.45, 2.75) is 6.92 Å². The second-order valence-electron chi connectivity index (χ2n) is 3.99. The second kappa shape index (κ2) is 10.6. The zero-order chi connectivity index (χ0) is 13.8. The summed E-state index contributed by atoms with van der Waals surface area (Å²) in [4.78, 5) is 0. The van der Waals surface area contributed by atoms with E-state index in [1.165, 1.54) is 0 Å². The SMILES string of the molecule is C/C(=C/OCCOCCOCCO)c1ccccc1. The summed E-state index contributed by atoms with van der Waals surface area (Å²) in [5.41, 5.74) is 2.24. The normalized spacial score (nSPS) is 11.6. The van der Waals surface area contributed by atoms with Crippen LogP contribution in [0.15, 0.2) is 36.6 Å². The molecule has 4 nitrogen and oxygen atoms in total. The molecule has 0 unspecified atom stereocenters. The molecule has 4 heteroatoms. The average molecular weight is 266 g/mol. The van der Waals surface area contributed by atoms with Gasteiger partial charge in [0.05, 0.1) is 39.3 Å². The minimum Gasteiger partial charge on any atom is -0.498 e. The molecule has 0 aliphatic heterocycles. The van der Waals surface area contributed by atoms with Crippen molar-refractivity contribution >= 4 is 5.57 Å². The zero-order valence-electron chi connectivity index (χ0n) is 11.4. The van der Waals surface area contributed by atoms with Crippen molar-refractivity contribution in [1.29, 1.82) is 0 Å². The monoisotopic (exact) mass is 266 g/mol. The minimum absolute atomic E-state index is 0.0483. The third kappa shape index (κ3) is 7.62. The molecule has 0 saturated carbocycles. The summed E-state index contributed by atoms with van der Waals surface area (Å²) in [6.07, 6.45) is 1.75. The fourth-order valence-electron chi connectivity index (χ4n) is 1.45. The van der Waals surface area contributed by atoms with Gasteiger partial charge in [0.1, 0.15) is 6.61 Å². The molecule has 1 aromatic rings. The fourth-order valence-corrected chi connectivity index (χ4v) is 1.45. The van der Waals surface area contributed by atoms with Crippen LogP contribution in [0, 0.1) is 0 Å². The second-order valence-corrected chi connectivity index (χ2v) is 3.99. The van der Waals surface area contributed by atoms with Gasteiger partial charge >= 0.3 is 0 Å². The number of aliphatic hydroxyl groups is 1. The van der Waals surface area contributed by atoms with Crippen molar-refractivity contribution in [2.24, 2.45) is 0 Å². The minimum atomic E-state index is 0.0483. The number of aliphatic hydroxyl groups excluding tert-OH is 1. The first-order chi connectivity index (χ1) is 9.34. The number of hydrogen-bond acceptors (Lipinski definition) is 4. The molecule has 1 N–H and O–H groups in total. The smallest absolute Gasteiger partial charge is 0.111 e. The van der Waals surface area contributed by atoms with E-state index in [1.54, 1.807) is 6.26 Å². The topological polar surface area (TPSA) is 47.9 Å². The highest BCUT2D eigenvalue weighted by molar-refractivity contribution is 5.62. The Morgan fingerprint density at radius 2 is 1.63 bits per heavy atom. The molecule has 0 spiro atoms. The fraction of sp³-hybridized carbons (Fsp3) is 0.467. The van der Waals surface area contributed by atoms with E-state index in [0.717, 1.165) is 11.1 Å². The van der Waals surface area contributed by atoms with Gasteiger partial charge in [-0.25, -0.2) is 0 Å². The molecule has 1 aromatic carbocycles. The van der Waals surface area contributed by atoms with Crippen LogP contribution in [-0.2, 0) is 14.2 Å². The standard InChI is InChI=1S/C15H22O4/c1-14(15-5-3-2-4-6-15)13-19-12-11-18-10-9-17-8-7-16/h2-6,13,16H,7-12H2,1H3/b14-13-. The van der Waals surface area contributed by atoms with Crippen LogP contribution in [0.5, 0.6) is 0 Å². The molecular weight excluding hydrogens is 244 g/mol. The van der Waals surface area contributed by atoms with Gasteiger partial charge < -0.3 is 19.3 Å². The van der Waals surface area contributed by atoms with Crippen molar-refractivity contribution in [3.8, 4) is 0 Å². The van der Waals surface area contributed by atoms with E-state index >= 15 is 0 Å². The van der Waals surface area contributed by atoms with Crippen LogP contribution in [0.4, 0.5) is 0 Å². The van der Waals surface area contributed by atoms with Gasteiger partial charge in [-0.3, -0.25) is 0 Å². The Bertz CT molecular complexity index is 348. The number of ether oxygens (including phenoxy) is 3. The van der Waals surface area contributed by atoms with E-state index in [9.17, 15) is 0 Å². The summed E-state index contributed by atoms with van der Waals surface area (Å²) in [5.74, 6) is 0. The lowest BCUT2D eigenvalue weighted by molar-refractivity contribution is 0.0204. The van der Waals surface area contributed by atoms with Crippen molar-refractivity contribution in [3.63, 3.8) is 0 Å². The van der Waals surface area contributed by atoms with Crippen LogP contribution in [-0.4, -0.2) is 44.7 Å². The van der Waals surface area contributed by atoms with Crippen LogP contribution in [0.3, 0.4) is 0 Å². The Hall–Kier alpha value is -1.36. The van der Waals surface area contributed by atoms with Gasteiger partial charge in [0, 0.05) is 0 Å². The molecule has 0 aliphatic rings. The largest absolute Gasteiger partial charge is 0.498 e. The molecule has 0 aromatic heterocycles. The maximum atomic E-state index is 8.49. The molecule has 0 amide bonds. The van der Waals surface area contributed by atoms with E-state index in [0.29, 0.717) is 33.0 Å². The molecule has 1 rings (SSSR count). The Morgan fingerprint density at radius 1 is 1.00 bits per heavy atom. The van der Waals surface area contributed by atoms with Crippen LogP contribution >= 0.6 is 0 Å². The van der Waals surface area contributed by atoms with E-state index in [-0.39, 0.29) is 6.61 Å². The Labute approximate surface area is 114 Å². The van der Waals surface area contributed by atoms with Gasteiger partial charge in [-0.15, -0.1) is 0 Å². The van der Waals surface area contributed by atoms with Gasteiger partial charge in [-0.05, 0) is 18.1 Å². The van der Waals surface area contributed by atoms with Gasteiger partial charge in [-0.1, -0.05) is 30.3 Å². The van der Waals surface area contributed by atoms with Gasteiger partial charge in [0.25, 0.3) is 0 Å². The van der Waals surface area contributed by atoms with Crippen LogP contribution in [0.2, 0.25) is 0 Å². The molecule has 0 bridgehead atoms. The lowest BCUT2D eigenvalue weighted by Gasteiger charge is -2.06. The first-order valence-corrected chi connectivity index (χ1v) is 6.44. The van der Waals surface area contributed by atoms with Crippen molar-refractivity contribution in [1.82, 2.24) is 0 Å². The molecule has 0 atom stereocenters. The first kappa shape index (κ1) is 15.7. The van der Waals surface area contributed by atoms with Crippen molar-refractivity contribution in [3.05, 3.63) is 42.2 Å². The quantitative estimate of drug-likeness (QED) is 0.520. The summed E-state index contributed by atoms with van der Waals surface area (Å²) in [5, 5.41) is 8.49. The maximum Gasteiger partial charge on any atom is 0.111 e. The molecule has 0 saturated heterocycles. The number of benzene rings is 1. The number of hydrogen-bond donors (Lipinski definition) is 1. The molecule has 0 aliphatic carbocycles. The third-order valence-corrected chi connectivity index (χ3v) is 2.44. The Kier molecular flexibility index (Phi) is 8.72. The molecular formula is C15H22O4. The van der Waals surface area contributed by atoms with Gasteiger partial charge in [0.15, 0.2) is 0 Å². The number of allylic oxidation sites excluding steroid dienone is 1. The predicted molar refractivity (Wildman–Crippen MR) is 74.8 cm³/mol. The molecule has 19 heavy (non-hydrogen) atoms. The van der Waals surface area contributed by atoms with Crippen molar-refractivity contribution < 1.29 is 19.3 Å². The van der Waals surface area contributed by atoms with E-state index < -0.39 is 0 Å². The maximum absolute atomic E-state index is 8.49. The first-order valence-electron chi connectivity index (χ1n) is 6.44. The van der Waals surface area contributed by atoms with E-state index in [2.05, 4.69) is 0 Å².